The number of anilines is 1. The number of hydrogen-bond acceptors (Lipinski definition) is 12. The Morgan fingerprint density at radius 1 is 1.12 bits per heavy atom. The van der Waals surface area contributed by atoms with Gasteiger partial charge >= 0.3 is 25.3 Å². The van der Waals surface area contributed by atoms with Gasteiger partial charge in [-0.2, -0.15) is 4.98 Å². The molecule has 0 amide bonds. The van der Waals surface area contributed by atoms with Gasteiger partial charge in [-0.3, -0.25) is 18.7 Å². The molecule has 0 bridgehead atoms. The molecule has 1 saturated heterocycles. The molecule has 6 N–H and O–H groups in total. The molecule has 19 heteroatoms. The van der Waals surface area contributed by atoms with E-state index in [1.807, 2.05) is 0 Å². The number of aromatic nitrogens is 2. The molecule has 0 aliphatic carbocycles. The van der Waals surface area contributed by atoms with E-state index in [0.717, 1.165) is 0 Å². The maximum atomic E-state index is 14.4. The molecule has 2 heterocycles. The fourth-order valence-electron chi connectivity index (χ4n) is 3.62. The minimum absolute atomic E-state index is 0.299. The Bertz CT molecular complexity index is 1170. The molecule has 1 fully saturated rings. The molecule has 1 aromatic rings. The molecular weight excluding hydrogens is 582 g/mol. The number of rotatable bonds is 13. The van der Waals surface area contributed by atoms with Crippen molar-refractivity contribution in [2.75, 3.05) is 12.3 Å². The first-order chi connectivity index (χ1) is 18.8. The van der Waals surface area contributed by atoms with Crippen molar-refractivity contribution < 1.29 is 56.3 Å². The predicted molar refractivity (Wildman–Crippen MR) is 135 cm³/mol. The number of nitrogen functional groups attached to an aromatic ring is 1. The Morgan fingerprint density at radius 2 is 1.61 bits per heavy atom. The molecule has 0 spiro atoms. The van der Waals surface area contributed by atoms with Crippen molar-refractivity contribution in [3.63, 3.8) is 0 Å². The van der Waals surface area contributed by atoms with Crippen molar-refractivity contribution in [3.8, 4) is 0 Å². The zero-order valence-corrected chi connectivity index (χ0v) is 24.0. The first-order valence-corrected chi connectivity index (χ1v) is 14.0. The van der Waals surface area contributed by atoms with Crippen molar-refractivity contribution in [2.24, 2.45) is 0 Å². The summed E-state index contributed by atoms with van der Waals surface area (Å²) >= 11 is 0. The van der Waals surface area contributed by atoms with Gasteiger partial charge in [-0.15, -0.1) is 0 Å². The van der Waals surface area contributed by atoms with Gasteiger partial charge in [0.1, 0.15) is 24.3 Å². The summed E-state index contributed by atoms with van der Waals surface area (Å²) in [7, 11) is -4.69. The standard InChI is InChI=1S/C22H35F3N5O10P/c1-9(2)38-18(33)11(5)28-41(36,29-12(6)19(34)39-10(3)4)37-8-22(20(24)25)15(32)14(31)17(40-22)30-7-13(23)16(26)27-21(30)35/h7,9-12,14-15,17,20,31-32H,8H2,1-6H3,(H2,26,27,35)(H2,28,29,36)/t11-,12-,14-,15-,17+,22+/m0/s1. The molecule has 0 saturated carbocycles. The van der Waals surface area contributed by atoms with Crippen molar-refractivity contribution in [2.45, 2.75) is 96.3 Å². The molecule has 0 radical (unpaired) electrons. The van der Waals surface area contributed by atoms with Crippen LogP contribution < -0.4 is 21.6 Å². The van der Waals surface area contributed by atoms with Crippen LogP contribution >= 0.6 is 7.67 Å². The van der Waals surface area contributed by atoms with Crippen molar-refractivity contribution in [1.82, 2.24) is 19.7 Å². The van der Waals surface area contributed by atoms with Gasteiger partial charge < -0.3 is 34.7 Å². The lowest BCUT2D eigenvalue weighted by Gasteiger charge is -2.33. The van der Waals surface area contributed by atoms with Crippen LogP contribution in [0.3, 0.4) is 0 Å². The normalized spacial score (nSPS) is 24.6. The van der Waals surface area contributed by atoms with Crippen LogP contribution in [-0.4, -0.2) is 86.8 Å². The number of nitrogens with zero attached hydrogens (tertiary/aromatic N) is 2. The number of esters is 2. The molecule has 2 rings (SSSR count). The summed E-state index contributed by atoms with van der Waals surface area (Å²) in [6.07, 6.45) is -11.2. The first-order valence-electron chi connectivity index (χ1n) is 12.4. The third kappa shape index (κ3) is 8.24. The van der Waals surface area contributed by atoms with Crippen LogP contribution in [0.2, 0.25) is 0 Å². The number of alkyl halides is 2. The Morgan fingerprint density at radius 3 is 2.05 bits per heavy atom. The van der Waals surface area contributed by atoms with Crippen LogP contribution in [-0.2, 0) is 32.9 Å². The number of aliphatic hydroxyl groups is 2. The summed E-state index contributed by atoms with van der Waals surface area (Å²) in [5.74, 6) is -3.87. The van der Waals surface area contributed by atoms with E-state index in [9.17, 15) is 42.3 Å². The van der Waals surface area contributed by atoms with E-state index in [2.05, 4.69) is 15.2 Å². The summed E-state index contributed by atoms with van der Waals surface area (Å²) in [6.45, 7) is 7.19. The predicted octanol–water partition coefficient (Wildman–Crippen LogP) is 0.203. The van der Waals surface area contributed by atoms with Crippen LogP contribution in [0.4, 0.5) is 19.0 Å². The number of aliphatic hydroxyl groups excluding tert-OH is 2. The molecular formula is C22H35F3N5O10P. The van der Waals surface area contributed by atoms with Gasteiger partial charge in [0, 0.05) is 0 Å². The van der Waals surface area contributed by atoms with Gasteiger partial charge in [0.25, 0.3) is 6.43 Å². The maximum absolute atomic E-state index is 14.4. The third-order valence-electron chi connectivity index (χ3n) is 5.64. The maximum Gasteiger partial charge on any atom is 0.351 e. The van der Waals surface area contributed by atoms with Gasteiger partial charge in [0.2, 0.25) is 0 Å². The first kappa shape index (κ1) is 34.6. The zero-order valence-electron chi connectivity index (χ0n) is 23.1. The fourth-order valence-corrected chi connectivity index (χ4v) is 5.46. The minimum Gasteiger partial charge on any atom is -0.462 e. The van der Waals surface area contributed by atoms with E-state index in [-0.39, 0.29) is 0 Å². The largest absolute Gasteiger partial charge is 0.462 e. The molecule has 41 heavy (non-hydrogen) atoms. The second kappa shape index (κ2) is 13.6. The summed E-state index contributed by atoms with van der Waals surface area (Å²) in [6, 6.07) is -2.75. The quantitative estimate of drug-likeness (QED) is 0.148. The lowest BCUT2D eigenvalue weighted by atomic mass is 9.96. The zero-order chi connectivity index (χ0) is 31.4. The van der Waals surface area contributed by atoms with E-state index in [1.165, 1.54) is 13.8 Å². The topological polar surface area (TPSA) is 214 Å². The molecule has 0 aromatic carbocycles. The van der Waals surface area contributed by atoms with Crippen LogP contribution in [0, 0.1) is 5.82 Å². The molecule has 0 unspecified atom stereocenters. The number of halogens is 3. The number of hydrogen-bond donors (Lipinski definition) is 5. The Kier molecular flexibility index (Phi) is 11.5. The number of carbonyl (C=O) groups is 2. The highest BCUT2D eigenvalue weighted by molar-refractivity contribution is 7.54. The van der Waals surface area contributed by atoms with Crippen molar-refractivity contribution in [3.05, 3.63) is 22.5 Å². The highest BCUT2D eigenvalue weighted by Gasteiger charge is 2.61. The SMILES string of the molecule is CC(C)OC(=O)[C@H](C)NP(=O)(N[C@@H](C)C(=O)OC(C)C)OC[C@@]1(C(F)F)O[C@@H](n2cc(F)c(N)nc2=O)[C@@H](O)[C@@H]1O. The van der Waals surface area contributed by atoms with E-state index < -0.39 is 98.3 Å². The third-order valence-corrected chi connectivity index (χ3v) is 7.59. The second-order valence-corrected chi connectivity index (χ2v) is 11.7. The highest BCUT2D eigenvalue weighted by Crippen LogP contribution is 2.46. The Labute approximate surface area is 233 Å². The van der Waals surface area contributed by atoms with Gasteiger partial charge in [-0.1, -0.05) is 0 Å². The second-order valence-electron chi connectivity index (χ2n) is 9.86. The molecule has 1 aromatic heterocycles. The fraction of sp³-hybridized carbons (Fsp3) is 0.727. The number of ether oxygens (including phenoxy) is 3. The van der Waals surface area contributed by atoms with Crippen LogP contribution in [0.5, 0.6) is 0 Å². The van der Waals surface area contributed by atoms with E-state index in [0.29, 0.717) is 10.8 Å². The Balaban J connectivity index is 2.41. The molecule has 234 valence electrons. The van der Waals surface area contributed by atoms with Gasteiger partial charge in [-0.25, -0.2) is 28.1 Å². The summed E-state index contributed by atoms with van der Waals surface area (Å²) in [5.41, 5.74) is 0.774. The number of nitrogens with two attached hydrogens (primary N) is 1. The van der Waals surface area contributed by atoms with Crippen LogP contribution in [0.25, 0.3) is 0 Å². The number of nitrogens with one attached hydrogen (secondary N) is 2. The van der Waals surface area contributed by atoms with Crippen LogP contribution in [0.1, 0.15) is 47.8 Å². The molecule has 15 nitrogen and oxygen atoms in total. The summed E-state index contributed by atoms with van der Waals surface area (Å²) < 4.78 is 77.4. The van der Waals surface area contributed by atoms with Gasteiger partial charge in [0.15, 0.2) is 23.5 Å². The van der Waals surface area contributed by atoms with Gasteiger partial charge in [0.05, 0.1) is 25.0 Å². The molecule has 1 aliphatic heterocycles. The van der Waals surface area contributed by atoms with Crippen molar-refractivity contribution in [1.29, 1.82) is 0 Å². The average Bonchev–Trinajstić information content (AvgIpc) is 3.10. The van der Waals surface area contributed by atoms with Gasteiger partial charge in [-0.05, 0) is 41.5 Å². The van der Waals surface area contributed by atoms with E-state index >= 15 is 0 Å². The summed E-state index contributed by atoms with van der Waals surface area (Å²) in [5, 5.41) is 25.6. The Hall–Kier alpha value is -2.60. The molecule has 6 atom stereocenters. The smallest absolute Gasteiger partial charge is 0.351 e. The van der Waals surface area contributed by atoms with E-state index in [1.54, 1.807) is 27.7 Å². The van der Waals surface area contributed by atoms with E-state index in [4.69, 9.17) is 24.5 Å². The lowest BCUT2D eigenvalue weighted by Crippen LogP contribution is -2.53. The minimum atomic E-state index is -4.69. The van der Waals surface area contributed by atoms with Crippen LogP contribution in [0.15, 0.2) is 11.0 Å². The number of carbonyl (C=O) groups excluding carboxylic acids is 2. The average molecular weight is 618 g/mol. The summed E-state index contributed by atoms with van der Waals surface area (Å²) in [4.78, 5) is 40.0. The molecule has 1 aliphatic rings. The van der Waals surface area contributed by atoms with Crippen molar-refractivity contribution >= 4 is 25.4 Å². The monoisotopic (exact) mass is 617 g/mol. The lowest BCUT2D eigenvalue weighted by molar-refractivity contribution is -0.192. The highest BCUT2D eigenvalue weighted by atomic mass is 31.2.